The SMILES string of the molecule is CCCNC(C)(CO)CCCCN1CCC(C(C)(C)C)C1. The molecule has 1 rings (SSSR count). The maximum atomic E-state index is 9.57. The molecule has 1 aliphatic rings. The second-order valence-corrected chi connectivity index (χ2v) is 8.25. The molecule has 1 saturated heterocycles. The van der Waals surface area contributed by atoms with Crippen LogP contribution in [0, 0.1) is 11.3 Å². The zero-order valence-electron chi connectivity index (χ0n) is 15.0. The Morgan fingerprint density at radius 3 is 2.43 bits per heavy atom. The third-order valence-corrected chi connectivity index (χ3v) is 5.10. The predicted molar refractivity (Wildman–Crippen MR) is 91.6 cm³/mol. The Balaban J connectivity index is 2.19. The molecule has 0 aromatic rings. The number of aliphatic hydroxyl groups is 1. The van der Waals surface area contributed by atoms with Gasteiger partial charge >= 0.3 is 0 Å². The molecule has 3 nitrogen and oxygen atoms in total. The average Bonchev–Trinajstić information content (AvgIpc) is 2.90. The zero-order valence-corrected chi connectivity index (χ0v) is 15.0. The second-order valence-electron chi connectivity index (χ2n) is 8.25. The fourth-order valence-electron chi connectivity index (χ4n) is 3.24. The van der Waals surface area contributed by atoms with E-state index in [1.165, 1.54) is 38.9 Å². The van der Waals surface area contributed by atoms with E-state index >= 15 is 0 Å². The summed E-state index contributed by atoms with van der Waals surface area (Å²) in [5.74, 6) is 0.853. The molecule has 0 saturated carbocycles. The van der Waals surface area contributed by atoms with Crippen LogP contribution in [0.3, 0.4) is 0 Å². The van der Waals surface area contributed by atoms with Gasteiger partial charge in [0, 0.05) is 12.1 Å². The summed E-state index contributed by atoms with van der Waals surface area (Å²) >= 11 is 0. The van der Waals surface area contributed by atoms with Gasteiger partial charge in [0.05, 0.1) is 6.61 Å². The van der Waals surface area contributed by atoms with Crippen molar-refractivity contribution < 1.29 is 5.11 Å². The highest BCUT2D eigenvalue weighted by atomic mass is 16.3. The molecule has 0 radical (unpaired) electrons. The molecule has 1 fully saturated rings. The van der Waals surface area contributed by atoms with E-state index in [2.05, 4.69) is 44.8 Å². The Kier molecular flexibility index (Phi) is 7.66. The van der Waals surface area contributed by atoms with Crippen molar-refractivity contribution >= 4 is 0 Å². The average molecular weight is 299 g/mol. The summed E-state index contributed by atoms with van der Waals surface area (Å²) in [6, 6.07) is 0. The van der Waals surface area contributed by atoms with Gasteiger partial charge in [-0.2, -0.15) is 0 Å². The molecule has 0 aromatic heterocycles. The molecule has 1 aliphatic heterocycles. The fourth-order valence-corrected chi connectivity index (χ4v) is 3.24. The largest absolute Gasteiger partial charge is 0.394 e. The molecule has 0 amide bonds. The van der Waals surface area contributed by atoms with Gasteiger partial charge in [0.15, 0.2) is 0 Å². The van der Waals surface area contributed by atoms with Crippen LogP contribution in [-0.2, 0) is 0 Å². The molecule has 0 spiro atoms. The Hall–Kier alpha value is -0.120. The summed E-state index contributed by atoms with van der Waals surface area (Å²) in [4.78, 5) is 2.63. The first-order valence-corrected chi connectivity index (χ1v) is 8.89. The van der Waals surface area contributed by atoms with Crippen molar-refractivity contribution in [1.29, 1.82) is 0 Å². The first kappa shape index (κ1) is 18.9. The van der Waals surface area contributed by atoms with Crippen LogP contribution < -0.4 is 5.32 Å². The molecular weight excluding hydrogens is 260 g/mol. The van der Waals surface area contributed by atoms with Crippen LogP contribution in [0.2, 0.25) is 0 Å². The van der Waals surface area contributed by atoms with Gasteiger partial charge in [0.2, 0.25) is 0 Å². The van der Waals surface area contributed by atoms with Crippen molar-refractivity contribution in [3.8, 4) is 0 Å². The summed E-state index contributed by atoms with van der Waals surface area (Å²) in [5.41, 5.74) is 0.364. The molecule has 0 aliphatic carbocycles. The topological polar surface area (TPSA) is 35.5 Å². The van der Waals surface area contributed by atoms with E-state index in [1.54, 1.807) is 0 Å². The summed E-state index contributed by atoms with van der Waals surface area (Å²) in [7, 11) is 0. The van der Waals surface area contributed by atoms with E-state index in [4.69, 9.17) is 0 Å². The van der Waals surface area contributed by atoms with Crippen LogP contribution in [0.15, 0.2) is 0 Å². The monoisotopic (exact) mass is 298 g/mol. The Bertz CT molecular complexity index is 287. The molecule has 126 valence electrons. The Morgan fingerprint density at radius 2 is 1.90 bits per heavy atom. The van der Waals surface area contributed by atoms with E-state index in [1.807, 2.05) is 0 Å². The number of nitrogens with one attached hydrogen (secondary N) is 1. The lowest BCUT2D eigenvalue weighted by Gasteiger charge is -2.29. The van der Waals surface area contributed by atoms with Crippen LogP contribution in [0.4, 0.5) is 0 Å². The van der Waals surface area contributed by atoms with E-state index < -0.39 is 0 Å². The maximum absolute atomic E-state index is 9.57. The minimum absolute atomic E-state index is 0.0883. The van der Waals surface area contributed by atoms with E-state index in [0.29, 0.717) is 5.41 Å². The van der Waals surface area contributed by atoms with Crippen molar-refractivity contribution in [3.05, 3.63) is 0 Å². The number of rotatable bonds is 9. The summed E-state index contributed by atoms with van der Waals surface area (Å²) in [6.45, 7) is 16.4. The maximum Gasteiger partial charge on any atom is 0.0610 e. The molecule has 3 heteroatoms. The molecular formula is C18H38N2O. The first-order valence-electron chi connectivity index (χ1n) is 8.89. The predicted octanol–water partition coefficient (Wildman–Crippen LogP) is 3.28. The smallest absolute Gasteiger partial charge is 0.0610 e. The lowest BCUT2D eigenvalue weighted by molar-refractivity contribution is 0.161. The van der Waals surface area contributed by atoms with Gasteiger partial charge in [-0.15, -0.1) is 0 Å². The zero-order chi connectivity index (χ0) is 15.9. The third-order valence-electron chi connectivity index (χ3n) is 5.10. The Morgan fingerprint density at radius 1 is 1.19 bits per heavy atom. The van der Waals surface area contributed by atoms with E-state index in [9.17, 15) is 5.11 Å². The van der Waals surface area contributed by atoms with Gasteiger partial charge in [-0.25, -0.2) is 0 Å². The fraction of sp³-hybridized carbons (Fsp3) is 1.00. The van der Waals surface area contributed by atoms with Gasteiger partial charge in [0.25, 0.3) is 0 Å². The lowest BCUT2D eigenvalue weighted by atomic mass is 9.80. The van der Waals surface area contributed by atoms with Crippen LogP contribution >= 0.6 is 0 Å². The summed E-state index contributed by atoms with van der Waals surface area (Å²) < 4.78 is 0. The van der Waals surface area contributed by atoms with Crippen molar-refractivity contribution in [3.63, 3.8) is 0 Å². The van der Waals surface area contributed by atoms with Crippen molar-refractivity contribution in [2.24, 2.45) is 11.3 Å². The van der Waals surface area contributed by atoms with Gasteiger partial charge in [-0.3, -0.25) is 0 Å². The van der Waals surface area contributed by atoms with Crippen LogP contribution in [0.25, 0.3) is 0 Å². The Labute approximate surface area is 132 Å². The number of unbranched alkanes of at least 4 members (excludes halogenated alkanes) is 1. The second kappa shape index (κ2) is 8.50. The molecule has 0 bridgehead atoms. The summed E-state index contributed by atoms with van der Waals surface area (Å²) in [5, 5.41) is 13.1. The van der Waals surface area contributed by atoms with Crippen molar-refractivity contribution in [2.45, 2.75) is 72.3 Å². The molecule has 2 unspecified atom stereocenters. The van der Waals surface area contributed by atoms with Gasteiger partial charge in [-0.1, -0.05) is 34.1 Å². The summed E-state index contributed by atoms with van der Waals surface area (Å²) in [6.07, 6.45) is 6.00. The van der Waals surface area contributed by atoms with E-state index in [0.717, 1.165) is 25.3 Å². The highest BCUT2D eigenvalue weighted by Crippen LogP contribution is 2.33. The van der Waals surface area contributed by atoms with Gasteiger partial charge in [0.1, 0.15) is 0 Å². The number of hydrogen-bond donors (Lipinski definition) is 2. The van der Waals surface area contributed by atoms with Crippen LogP contribution in [-0.4, -0.2) is 48.3 Å². The minimum atomic E-state index is -0.0883. The highest BCUT2D eigenvalue weighted by molar-refractivity contribution is 4.85. The van der Waals surface area contributed by atoms with Crippen LogP contribution in [0.5, 0.6) is 0 Å². The molecule has 1 heterocycles. The van der Waals surface area contributed by atoms with Crippen molar-refractivity contribution in [2.75, 3.05) is 32.8 Å². The number of hydrogen-bond acceptors (Lipinski definition) is 3. The van der Waals surface area contributed by atoms with Gasteiger partial charge < -0.3 is 15.3 Å². The molecule has 0 aromatic carbocycles. The third kappa shape index (κ3) is 6.66. The lowest BCUT2D eigenvalue weighted by Crippen LogP contribution is -2.46. The number of nitrogens with zero attached hydrogens (tertiary/aromatic N) is 1. The number of aliphatic hydroxyl groups excluding tert-OH is 1. The standard InChI is InChI=1S/C18H38N2O/c1-6-11-19-18(5,15-21)10-7-8-12-20-13-9-16(14-20)17(2,3)4/h16,19,21H,6-15H2,1-5H3. The van der Waals surface area contributed by atoms with Crippen LogP contribution in [0.1, 0.15) is 66.7 Å². The normalized spacial score (nSPS) is 23.4. The molecule has 2 N–H and O–H groups in total. The number of likely N-dealkylation sites (tertiary alicyclic amines) is 1. The van der Waals surface area contributed by atoms with Gasteiger partial charge in [-0.05, 0) is 63.6 Å². The first-order chi connectivity index (χ1) is 9.80. The molecule has 2 atom stereocenters. The minimum Gasteiger partial charge on any atom is -0.394 e. The quantitative estimate of drug-likeness (QED) is 0.641. The molecule has 21 heavy (non-hydrogen) atoms. The van der Waals surface area contributed by atoms with E-state index in [-0.39, 0.29) is 12.1 Å². The van der Waals surface area contributed by atoms with Crippen molar-refractivity contribution in [1.82, 2.24) is 10.2 Å². The highest BCUT2D eigenvalue weighted by Gasteiger charge is 2.31.